The number of rotatable bonds is 1. The van der Waals surface area contributed by atoms with E-state index in [1.54, 1.807) is 0 Å². The van der Waals surface area contributed by atoms with Crippen LogP contribution in [0.3, 0.4) is 0 Å². The minimum Gasteiger partial charge on any atom is -0.454 e. The number of hydrogen-bond donors (Lipinski definition) is 0. The second-order valence-corrected chi connectivity index (χ2v) is 6.91. The zero-order valence-electron chi connectivity index (χ0n) is 14.7. The fourth-order valence-corrected chi connectivity index (χ4v) is 3.81. The molecule has 0 amide bonds. The lowest BCUT2D eigenvalue weighted by molar-refractivity contribution is 0.383. The lowest BCUT2D eigenvalue weighted by Crippen LogP contribution is -2.33. The Kier molecular flexibility index (Phi) is 2.90. The van der Waals surface area contributed by atoms with Crippen LogP contribution in [0.15, 0.2) is 65.3 Å². The molecule has 124 valence electrons. The fraction of sp³-hybridized carbons (Fsp3) is 0.182. The first-order valence-electron chi connectivity index (χ1n) is 8.67. The molecule has 1 aromatic heterocycles. The highest BCUT2D eigenvalue weighted by molar-refractivity contribution is 6.13. The molecule has 0 saturated heterocycles. The predicted molar refractivity (Wildman–Crippen MR) is 105 cm³/mol. The third kappa shape index (κ3) is 1.99. The summed E-state index contributed by atoms with van der Waals surface area (Å²) < 4.78 is 6.37. The van der Waals surface area contributed by atoms with Gasteiger partial charge in [-0.1, -0.05) is 36.4 Å². The number of hydrogen-bond acceptors (Lipinski definition) is 3. The Morgan fingerprint density at radius 1 is 0.920 bits per heavy atom. The van der Waals surface area contributed by atoms with Crippen LogP contribution in [0.25, 0.3) is 32.7 Å². The van der Waals surface area contributed by atoms with Crippen LogP contribution in [0.5, 0.6) is 0 Å². The van der Waals surface area contributed by atoms with Crippen molar-refractivity contribution < 1.29 is 4.42 Å². The van der Waals surface area contributed by atoms with Gasteiger partial charge in [-0.25, -0.2) is 0 Å². The van der Waals surface area contributed by atoms with Crippen LogP contribution in [0.2, 0.25) is 0 Å². The summed E-state index contributed by atoms with van der Waals surface area (Å²) in [5.41, 5.74) is 4.30. The SMILES string of the molecule is Cc1ccc2c(oc3cc4ccccc4cc32)c1N1C=CN(C)[C@@H]1C. The smallest absolute Gasteiger partial charge is 0.159 e. The predicted octanol–water partition coefficient (Wildman–Crippen LogP) is 5.62. The molecule has 0 unspecified atom stereocenters. The molecule has 1 atom stereocenters. The first-order valence-corrected chi connectivity index (χ1v) is 8.67. The number of furan rings is 1. The quantitative estimate of drug-likeness (QED) is 0.452. The number of aryl methyl sites for hydroxylation is 1. The van der Waals surface area contributed by atoms with Gasteiger partial charge in [0.1, 0.15) is 11.7 Å². The molecule has 0 aliphatic carbocycles. The van der Waals surface area contributed by atoms with Gasteiger partial charge in [-0.15, -0.1) is 0 Å². The van der Waals surface area contributed by atoms with Crippen LogP contribution in [-0.4, -0.2) is 18.1 Å². The summed E-state index contributed by atoms with van der Waals surface area (Å²) in [6, 6.07) is 17.2. The summed E-state index contributed by atoms with van der Waals surface area (Å²) in [5.74, 6) is 0. The van der Waals surface area contributed by atoms with Gasteiger partial charge in [-0.3, -0.25) is 0 Å². The summed E-state index contributed by atoms with van der Waals surface area (Å²) in [4.78, 5) is 4.50. The molecule has 1 aliphatic heterocycles. The van der Waals surface area contributed by atoms with Gasteiger partial charge in [0.15, 0.2) is 5.58 Å². The monoisotopic (exact) mass is 328 g/mol. The maximum atomic E-state index is 6.37. The zero-order chi connectivity index (χ0) is 17.1. The minimum atomic E-state index is 0.275. The zero-order valence-corrected chi connectivity index (χ0v) is 14.7. The molecule has 3 aromatic carbocycles. The van der Waals surface area contributed by atoms with E-state index in [1.807, 2.05) is 0 Å². The highest BCUT2D eigenvalue weighted by atomic mass is 16.3. The molecular weight excluding hydrogens is 308 g/mol. The van der Waals surface area contributed by atoms with Crippen LogP contribution >= 0.6 is 0 Å². The van der Waals surface area contributed by atoms with E-state index >= 15 is 0 Å². The van der Waals surface area contributed by atoms with E-state index in [-0.39, 0.29) is 6.17 Å². The lowest BCUT2D eigenvalue weighted by Gasteiger charge is -2.28. The first kappa shape index (κ1) is 14.4. The summed E-state index contributed by atoms with van der Waals surface area (Å²) in [6.07, 6.45) is 4.52. The van der Waals surface area contributed by atoms with E-state index in [4.69, 9.17) is 4.42 Å². The number of fused-ring (bicyclic) bond motifs is 4. The molecule has 0 spiro atoms. The standard InChI is InChI=1S/C22H20N2O/c1-14-8-9-18-19-12-16-6-4-5-7-17(16)13-20(19)25-22(18)21(14)24-11-10-23(3)15(24)2/h4-13,15H,1-3H3/t15-/m0/s1. The van der Waals surface area contributed by atoms with Gasteiger partial charge in [0.05, 0.1) is 5.69 Å². The Morgan fingerprint density at radius 2 is 1.68 bits per heavy atom. The van der Waals surface area contributed by atoms with Gasteiger partial charge < -0.3 is 14.2 Å². The maximum Gasteiger partial charge on any atom is 0.159 e. The van der Waals surface area contributed by atoms with Gasteiger partial charge in [0.25, 0.3) is 0 Å². The molecule has 0 radical (unpaired) electrons. The van der Waals surface area contributed by atoms with Gasteiger partial charge in [0.2, 0.25) is 0 Å². The van der Waals surface area contributed by atoms with Crippen molar-refractivity contribution in [3.63, 3.8) is 0 Å². The Hall–Kier alpha value is -2.94. The van der Waals surface area contributed by atoms with Gasteiger partial charge >= 0.3 is 0 Å². The van der Waals surface area contributed by atoms with Crippen molar-refractivity contribution in [1.82, 2.24) is 4.90 Å². The van der Waals surface area contributed by atoms with Crippen LogP contribution in [0.4, 0.5) is 5.69 Å². The highest BCUT2D eigenvalue weighted by Crippen LogP contribution is 2.40. The van der Waals surface area contributed by atoms with Crippen LogP contribution < -0.4 is 4.90 Å². The van der Waals surface area contributed by atoms with Crippen molar-refractivity contribution in [3.8, 4) is 0 Å². The van der Waals surface area contributed by atoms with E-state index in [1.165, 1.54) is 27.1 Å². The molecular formula is C22H20N2O. The lowest BCUT2D eigenvalue weighted by atomic mass is 10.0. The Labute approximate surface area is 146 Å². The molecule has 3 nitrogen and oxygen atoms in total. The molecule has 0 fully saturated rings. The topological polar surface area (TPSA) is 19.6 Å². The molecule has 1 aliphatic rings. The molecule has 2 heterocycles. The summed E-state index contributed by atoms with van der Waals surface area (Å²) >= 11 is 0. The molecule has 3 heteroatoms. The van der Waals surface area contributed by atoms with Crippen molar-refractivity contribution in [2.75, 3.05) is 11.9 Å². The van der Waals surface area contributed by atoms with Crippen LogP contribution in [-0.2, 0) is 0 Å². The average molecular weight is 328 g/mol. The van der Waals surface area contributed by atoms with Crippen LogP contribution in [0, 0.1) is 6.92 Å². The molecule has 0 bridgehead atoms. The summed E-state index contributed by atoms with van der Waals surface area (Å²) in [6.45, 7) is 4.35. The summed E-state index contributed by atoms with van der Waals surface area (Å²) in [7, 11) is 2.10. The van der Waals surface area contributed by atoms with E-state index < -0.39 is 0 Å². The Balaban J connectivity index is 1.85. The van der Waals surface area contributed by atoms with Gasteiger partial charge in [0, 0.05) is 30.2 Å². The third-order valence-corrected chi connectivity index (χ3v) is 5.40. The normalized spacial score (nSPS) is 17.5. The van der Waals surface area contributed by atoms with E-state index in [0.29, 0.717) is 0 Å². The van der Waals surface area contributed by atoms with Gasteiger partial charge in [-0.05, 0) is 42.3 Å². The second kappa shape index (κ2) is 5.03. The third-order valence-electron chi connectivity index (χ3n) is 5.40. The van der Waals surface area contributed by atoms with Crippen molar-refractivity contribution in [2.24, 2.45) is 0 Å². The molecule has 25 heavy (non-hydrogen) atoms. The molecule has 4 aromatic rings. The maximum absolute atomic E-state index is 6.37. The highest BCUT2D eigenvalue weighted by Gasteiger charge is 2.25. The van der Waals surface area contributed by atoms with Crippen molar-refractivity contribution in [3.05, 3.63) is 66.5 Å². The largest absolute Gasteiger partial charge is 0.454 e. The number of anilines is 1. The average Bonchev–Trinajstić information content (AvgIpc) is 3.13. The molecule has 0 N–H and O–H groups in total. The molecule has 5 rings (SSSR count). The first-order chi connectivity index (χ1) is 12.1. The van der Waals surface area contributed by atoms with Gasteiger partial charge in [-0.2, -0.15) is 0 Å². The van der Waals surface area contributed by atoms with E-state index in [0.717, 1.165) is 16.9 Å². The Morgan fingerprint density at radius 3 is 2.40 bits per heavy atom. The Bertz CT molecular complexity index is 1160. The molecule has 0 saturated carbocycles. The number of benzene rings is 3. The van der Waals surface area contributed by atoms with Crippen LogP contribution in [0.1, 0.15) is 12.5 Å². The van der Waals surface area contributed by atoms with Crippen molar-refractivity contribution in [2.45, 2.75) is 20.0 Å². The van der Waals surface area contributed by atoms with E-state index in [2.05, 4.69) is 91.6 Å². The second-order valence-electron chi connectivity index (χ2n) is 6.91. The van der Waals surface area contributed by atoms with Crippen molar-refractivity contribution >= 4 is 38.4 Å². The minimum absolute atomic E-state index is 0.275. The van der Waals surface area contributed by atoms with E-state index in [9.17, 15) is 0 Å². The fourth-order valence-electron chi connectivity index (χ4n) is 3.81. The number of nitrogens with zero attached hydrogens (tertiary/aromatic N) is 2. The van der Waals surface area contributed by atoms with Crippen molar-refractivity contribution in [1.29, 1.82) is 0 Å². The summed E-state index contributed by atoms with van der Waals surface area (Å²) in [5, 5.41) is 4.81.